The molecule has 0 aliphatic carbocycles. The van der Waals surface area contributed by atoms with Crippen molar-refractivity contribution in [3.05, 3.63) is 34.1 Å². The van der Waals surface area contributed by atoms with Crippen LogP contribution in [0.2, 0.25) is 0 Å². The van der Waals surface area contributed by atoms with E-state index in [1.54, 1.807) is 0 Å². The van der Waals surface area contributed by atoms with Crippen molar-refractivity contribution in [1.82, 2.24) is 0 Å². The number of ether oxygens (including phenoxy) is 1. The number of nitriles is 1. The van der Waals surface area contributed by atoms with Crippen LogP contribution in [0.15, 0.2) is 22.7 Å². The van der Waals surface area contributed by atoms with E-state index in [2.05, 4.69) is 15.9 Å². The van der Waals surface area contributed by atoms with E-state index >= 15 is 0 Å². The summed E-state index contributed by atoms with van der Waals surface area (Å²) in [5, 5.41) is 17.5. The Morgan fingerprint density at radius 3 is 2.88 bits per heavy atom. The number of halogens is 2. The first-order chi connectivity index (χ1) is 7.69. The molecule has 0 aliphatic heterocycles. The molecule has 0 amide bonds. The predicted octanol–water partition coefficient (Wildman–Crippen LogP) is 2.55. The lowest BCUT2D eigenvalue weighted by atomic mass is 10.1. The van der Waals surface area contributed by atoms with Gasteiger partial charge in [-0.25, -0.2) is 4.39 Å². The van der Waals surface area contributed by atoms with Gasteiger partial charge in [0.05, 0.1) is 12.7 Å². The zero-order chi connectivity index (χ0) is 12.0. The lowest BCUT2D eigenvalue weighted by Crippen LogP contribution is -2.05. The molecule has 1 N–H and O–H groups in total. The predicted molar refractivity (Wildman–Crippen MR) is 60.1 cm³/mol. The average molecular weight is 288 g/mol. The van der Waals surface area contributed by atoms with E-state index in [-0.39, 0.29) is 12.4 Å². The quantitative estimate of drug-likeness (QED) is 0.847. The maximum atomic E-state index is 12.8. The van der Waals surface area contributed by atoms with Crippen LogP contribution in [0.1, 0.15) is 18.1 Å². The zero-order valence-electron chi connectivity index (χ0n) is 8.49. The monoisotopic (exact) mass is 287 g/mol. The molecule has 3 nitrogen and oxygen atoms in total. The van der Waals surface area contributed by atoms with Gasteiger partial charge in [-0.05, 0) is 18.6 Å². The second kappa shape index (κ2) is 6.59. The van der Waals surface area contributed by atoms with Crippen molar-refractivity contribution in [2.75, 3.05) is 13.2 Å². The van der Waals surface area contributed by atoms with Gasteiger partial charge < -0.3 is 9.84 Å². The molecule has 0 aromatic heterocycles. The minimum absolute atomic E-state index is 0.0166. The molecule has 0 saturated heterocycles. The molecule has 0 spiro atoms. The van der Waals surface area contributed by atoms with E-state index in [0.717, 1.165) is 0 Å². The van der Waals surface area contributed by atoms with E-state index in [0.29, 0.717) is 23.1 Å². The molecule has 86 valence electrons. The molecule has 1 unspecified atom stereocenters. The van der Waals surface area contributed by atoms with E-state index < -0.39 is 6.10 Å². The van der Waals surface area contributed by atoms with Crippen LogP contribution in [0.25, 0.3) is 0 Å². The smallest absolute Gasteiger partial charge is 0.170 e. The second-order valence-electron chi connectivity index (χ2n) is 3.12. The van der Waals surface area contributed by atoms with Crippen molar-refractivity contribution in [3.8, 4) is 6.07 Å². The van der Waals surface area contributed by atoms with Crippen LogP contribution in [0, 0.1) is 17.1 Å². The van der Waals surface area contributed by atoms with Gasteiger partial charge in [0, 0.05) is 16.6 Å². The van der Waals surface area contributed by atoms with Gasteiger partial charge in [-0.3, -0.25) is 0 Å². The van der Waals surface area contributed by atoms with Crippen molar-refractivity contribution >= 4 is 15.9 Å². The fraction of sp³-hybridized carbons (Fsp3) is 0.364. The molecule has 1 aromatic rings. The zero-order valence-corrected chi connectivity index (χ0v) is 10.1. The largest absolute Gasteiger partial charge is 0.396 e. The highest BCUT2D eigenvalue weighted by atomic mass is 79.9. The maximum absolute atomic E-state index is 12.8. The van der Waals surface area contributed by atoms with Gasteiger partial charge in [-0.2, -0.15) is 5.26 Å². The van der Waals surface area contributed by atoms with E-state index in [4.69, 9.17) is 15.1 Å². The molecule has 1 aromatic carbocycles. The Hall–Kier alpha value is -0.960. The van der Waals surface area contributed by atoms with E-state index in [1.807, 2.05) is 6.07 Å². The third kappa shape index (κ3) is 3.56. The number of hydrogen-bond donors (Lipinski definition) is 1. The first-order valence-electron chi connectivity index (χ1n) is 4.76. The van der Waals surface area contributed by atoms with Gasteiger partial charge in [-0.1, -0.05) is 22.0 Å². The molecule has 1 rings (SSSR count). The van der Waals surface area contributed by atoms with E-state index in [9.17, 15) is 4.39 Å². The summed E-state index contributed by atoms with van der Waals surface area (Å²) in [7, 11) is 0. The molecule has 0 heterocycles. The van der Waals surface area contributed by atoms with Gasteiger partial charge in [0.15, 0.2) is 6.10 Å². The third-order valence-electron chi connectivity index (χ3n) is 1.95. The minimum atomic E-state index is -0.749. The highest BCUT2D eigenvalue weighted by molar-refractivity contribution is 9.10. The summed E-state index contributed by atoms with van der Waals surface area (Å²) >= 11 is 3.18. The summed E-state index contributed by atoms with van der Waals surface area (Å²) in [4.78, 5) is 0. The summed E-state index contributed by atoms with van der Waals surface area (Å²) in [6, 6.07) is 6.05. The molecule has 5 heteroatoms. The highest BCUT2D eigenvalue weighted by Crippen LogP contribution is 2.26. The molecule has 0 radical (unpaired) electrons. The summed E-state index contributed by atoms with van der Waals surface area (Å²) in [5.41, 5.74) is 0.585. The topological polar surface area (TPSA) is 53.2 Å². The Balaban J connectivity index is 2.76. The van der Waals surface area contributed by atoms with Crippen LogP contribution in [0.5, 0.6) is 0 Å². The minimum Gasteiger partial charge on any atom is -0.396 e. The van der Waals surface area contributed by atoms with Crippen LogP contribution in [0.3, 0.4) is 0 Å². The van der Waals surface area contributed by atoms with Crippen LogP contribution in [-0.2, 0) is 4.74 Å². The molecular weight excluding hydrogens is 277 g/mol. The van der Waals surface area contributed by atoms with Crippen molar-refractivity contribution in [1.29, 1.82) is 5.26 Å². The van der Waals surface area contributed by atoms with Crippen molar-refractivity contribution in [2.45, 2.75) is 12.5 Å². The maximum Gasteiger partial charge on any atom is 0.170 e. The number of aliphatic hydroxyl groups is 1. The van der Waals surface area contributed by atoms with Gasteiger partial charge in [0.2, 0.25) is 0 Å². The van der Waals surface area contributed by atoms with E-state index in [1.165, 1.54) is 18.2 Å². The Labute approximate surface area is 102 Å². The molecular formula is C11H11BrFNO2. The van der Waals surface area contributed by atoms with Crippen molar-refractivity contribution < 1.29 is 14.2 Å². The normalized spacial score (nSPS) is 12.1. The molecule has 0 aliphatic rings. The number of benzene rings is 1. The number of nitrogens with zero attached hydrogens (tertiary/aromatic N) is 1. The van der Waals surface area contributed by atoms with Gasteiger partial charge >= 0.3 is 0 Å². The molecule has 0 bridgehead atoms. The SMILES string of the molecule is N#CC(OCCCO)c1ccc(F)cc1Br. The number of hydrogen-bond acceptors (Lipinski definition) is 3. The third-order valence-corrected chi connectivity index (χ3v) is 2.64. The number of aliphatic hydroxyl groups excluding tert-OH is 1. The lowest BCUT2D eigenvalue weighted by Gasteiger charge is -2.12. The summed E-state index contributed by atoms with van der Waals surface area (Å²) in [6.07, 6.45) is -0.279. The number of rotatable bonds is 5. The van der Waals surface area contributed by atoms with Gasteiger partial charge in [-0.15, -0.1) is 0 Å². The second-order valence-corrected chi connectivity index (χ2v) is 3.98. The summed E-state index contributed by atoms with van der Waals surface area (Å²) in [6.45, 7) is 0.307. The first kappa shape index (κ1) is 13.1. The van der Waals surface area contributed by atoms with Gasteiger partial charge in [0.1, 0.15) is 5.82 Å². The van der Waals surface area contributed by atoms with Crippen LogP contribution in [-0.4, -0.2) is 18.3 Å². The summed E-state index contributed by atoms with van der Waals surface area (Å²) < 4.78 is 18.6. The Kier molecular flexibility index (Phi) is 5.39. The fourth-order valence-electron chi connectivity index (χ4n) is 1.18. The molecule has 1 atom stereocenters. The van der Waals surface area contributed by atoms with Gasteiger partial charge in [0.25, 0.3) is 0 Å². The van der Waals surface area contributed by atoms with Crippen LogP contribution >= 0.6 is 15.9 Å². The Bertz CT molecular complexity index is 392. The Morgan fingerprint density at radius 1 is 1.56 bits per heavy atom. The standard InChI is InChI=1S/C11H11BrFNO2/c12-10-6-8(13)2-3-9(10)11(7-14)16-5-1-4-15/h2-3,6,11,15H,1,4-5H2. The molecule has 16 heavy (non-hydrogen) atoms. The molecule has 0 fully saturated rings. The van der Waals surface area contributed by atoms with Crippen LogP contribution < -0.4 is 0 Å². The molecule has 0 saturated carbocycles. The van der Waals surface area contributed by atoms with Crippen LogP contribution in [0.4, 0.5) is 4.39 Å². The fourth-order valence-corrected chi connectivity index (χ4v) is 1.74. The first-order valence-corrected chi connectivity index (χ1v) is 5.55. The average Bonchev–Trinajstić information content (AvgIpc) is 2.26. The van der Waals surface area contributed by atoms with Crippen molar-refractivity contribution in [2.24, 2.45) is 0 Å². The lowest BCUT2D eigenvalue weighted by molar-refractivity contribution is 0.0769. The van der Waals surface area contributed by atoms with Crippen molar-refractivity contribution in [3.63, 3.8) is 0 Å². The summed E-state index contributed by atoms with van der Waals surface area (Å²) in [5.74, 6) is -0.373. The Morgan fingerprint density at radius 2 is 2.31 bits per heavy atom. The highest BCUT2D eigenvalue weighted by Gasteiger charge is 2.14.